The summed E-state index contributed by atoms with van der Waals surface area (Å²) >= 11 is 3.18. The lowest BCUT2D eigenvalue weighted by molar-refractivity contribution is 0.415. The highest BCUT2D eigenvalue weighted by molar-refractivity contribution is 9.10. The molecular formula is C12H9BrFNO3S. The van der Waals surface area contributed by atoms with Crippen LogP contribution in [0.25, 0.3) is 0 Å². The molecule has 4 nitrogen and oxygen atoms in total. The summed E-state index contributed by atoms with van der Waals surface area (Å²) in [5.41, 5.74) is 0. The van der Waals surface area contributed by atoms with Gasteiger partial charge in [-0.15, -0.1) is 0 Å². The average molecular weight is 346 g/mol. The van der Waals surface area contributed by atoms with Crippen molar-refractivity contribution in [3.8, 4) is 11.6 Å². The predicted octanol–water partition coefficient (Wildman–Crippen LogP) is 3.18. The standard InChI is InChI=1S/C12H9BrFNO3S/c1-19(16,17)11-3-2-6-15-12(11)18-10-7-8(13)4-5-9(10)14/h2-7H,1H3. The second kappa shape index (κ2) is 5.26. The topological polar surface area (TPSA) is 56.3 Å². The van der Waals surface area contributed by atoms with Crippen LogP contribution in [0.5, 0.6) is 11.6 Å². The van der Waals surface area contributed by atoms with E-state index in [0.717, 1.165) is 6.26 Å². The third-order valence-electron chi connectivity index (χ3n) is 2.24. The second-order valence-electron chi connectivity index (χ2n) is 3.76. The first-order valence-corrected chi connectivity index (χ1v) is 7.84. The lowest BCUT2D eigenvalue weighted by atomic mass is 10.3. The van der Waals surface area contributed by atoms with Gasteiger partial charge in [0.1, 0.15) is 4.90 Å². The molecule has 0 saturated carbocycles. The van der Waals surface area contributed by atoms with Crippen molar-refractivity contribution in [3.63, 3.8) is 0 Å². The molecule has 2 aromatic rings. The first kappa shape index (κ1) is 14.0. The number of ether oxygens (including phenoxy) is 1. The van der Waals surface area contributed by atoms with E-state index in [4.69, 9.17) is 4.74 Å². The van der Waals surface area contributed by atoms with Gasteiger partial charge < -0.3 is 4.74 Å². The van der Waals surface area contributed by atoms with Crippen molar-refractivity contribution < 1.29 is 17.5 Å². The third-order valence-corrected chi connectivity index (χ3v) is 3.84. The molecule has 0 fully saturated rings. The summed E-state index contributed by atoms with van der Waals surface area (Å²) < 4.78 is 42.6. The Kier molecular flexibility index (Phi) is 3.86. The molecule has 19 heavy (non-hydrogen) atoms. The molecule has 0 radical (unpaired) electrons. The zero-order chi connectivity index (χ0) is 14.0. The Labute approximate surface area is 118 Å². The Morgan fingerprint density at radius 1 is 1.32 bits per heavy atom. The molecule has 0 amide bonds. The monoisotopic (exact) mass is 345 g/mol. The van der Waals surface area contributed by atoms with Crippen molar-refractivity contribution in [2.75, 3.05) is 6.26 Å². The Bertz CT molecular complexity index is 719. The van der Waals surface area contributed by atoms with Gasteiger partial charge in [-0.05, 0) is 30.3 Å². The van der Waals surface area contributed by atoms with E-state index in [1.165, 1.54) is 36.5 Å². The first-order chi connectivity index (χ1) is 8.88. The normalized spacial score (nSPS) is 11.3. The molecule has 0 N–H and O–H groups in total. The van der Waals surface area contributed by atoms with Crippen LogP contribution in [0.1, 0.15) is 0 Å². The molecule has 0 atom stereocenters. The van der Waals surface area contributed by atoms with Gasteiger partial charge in [-0.25, -0.2) is 17.8 Å². The van der Waals surface area contributed by atoms with E-state index in [9.17, 15) is 12.8 Å². The Balaban J connectivity index is 2.47. The van der Waals surface area contributed by atoms with Crippen LogP contribution < -0.4 is 4.74 Å². The highest BCUT2D eigenvalue weighted by atomic mass is 79.9. The van der Waals surface area contributed by atoms with Crippen LogP contribution >= 0.6 is 15.9 Å². The molecule has 2 rings (SSSR count). The highest BCUT2D eigenvalue weighted by Crippen LogP contribution is 2.30. The van der Waals surface area contributed by atoms with Crippen molar-refractivity contribution in [1.29, 1.82) is 0 Å². The number of hydrogen-bond acceptors (Lipinski definition) is 4. The predicted molar refractivity (Wildman–Crippen MR) is 71.5 cm³/mol. The molecule has 0 unspecified atom stereocenters. The molecule has 0 aliphatic heterocycles. The van der Waals surface area contributed by atoms with Gasteiger partial charge in [0.25, 0.3) is 0 Å². The lowest BCUT2D eigenvalue weighted by Gasteiger charge is -2.09. The quantitative estimate of drug-likeness (QED) is 0.857. The molecule has 0 aliphatic carbocycles. The SMILES string of the molecule is CS(=O)(=O)c1cccnc1Oc1cc(Br)ccc1F. The van der Waals surface area contributed by atoms with Crippen LogP contribution in [0, 0.1) is 5.82 Å². The highest BCUT2D eigenvalue weighted by Gasteiger charge is 2.17. The third kappa shape index (κ3) is 3.30. The van der Waals surface area contributed by atoms with Gasteiger partial charge in [-0.2, -0.15) is 0 Å². The minimum atomic E-state index is -3.50. The van der Waals surface area contributed by atoms with Crippen LogP contribution in [-0.2, 0) is 9.84 Å². The maximum atomic E-state index is 13.6. The summed E-state index contributed by atoms with van der Waals surface area (Å²) in [4.78, 5) is 3.74. The summed E-state index contributed by atoms with van der Waals surface area (Å²) in [5, 5.41) is 0. The number of sulfone groups is 1. The van der Waals surface area contributed by atoms with E-state index < -0.39 is 15.7 Å². The maximum absolute atomic E-state index is 13.6. The molecule has 1 aromatic heterocycles. The van der Waals surface area contributed by atoms with E-state index in [0.29, 0.717) is 4.47 Å². The van der Waals surface area contributed by atoms with Gasteiger partial charge in [0.2, 0.25) is 5.88 Å². The van der Waals surface area contributed by atoms with Crippen molar-refractivity contribution in [2.24, 2.45) is 0 Å². The molecule has 1 aromatic carbocycles. The van der Waals surface area contributed by atoms with E-state index in [-0.39, 0.29) is 16.5 Å². The summed E-state index contributed by atoms with van der Waals surface area (Å²) in [6.45, 7) is 0. The second-order valence-corrected chi connectivity index (χ2v) is 6.66. The van der Waals surface area contributed by atoms with Gasteiger partial charge in [0, 0.05) is 16.9 Å². The largest absolute Gasteiger partial charge is 0.435 e. The molecular weight excluding hydrogens is 337 g/mol. The smallest absolute Gasteiger partial charge is 0.238 e. The van der Waals surface area contributed by atoms with Crippen molar-refractivity contribution in [2.45, 2.75) is 4.90 Å². The number of halogens is 2. The number of benzene rings is 1. The zero-order valence-electron chi connectivity index (χ0n) is 9.80. The van der Waals surface area contributed by atoms with E-state index in [1.54, 1.807) is 0 Å². The minimum absolute atomic E-state index is 0.0885. The molecule has 0 bridgehead atoms. The van der Waals surface area contributed by atoms with Gasteiger partial charge in [-0.3, -0.25) is 0 Å². The van der Waals surface area contributed by atoms with Crippen molar-refractivity contribution in [1.82, 2.24) is 4.98 Å². The Morgan fingerprint density at radius 2 is 2.05 bits per heavy atom. The Morgan fingerprint density at radius 3 is 2.74 bits per heavy atom. The van der Waals surface area contributed by atoms with Gasteiger partial charge in [0.15, 0.2) is 21.4 Å². The minimum Gasteiger partial charge on any atom is -0.435 e. The van der Waals surface area contributed by atoms with Crippen molar-refractivity contribution >= 4 is 25.8 Å². The van der Waals surface area contributed by atoms with Crippen LogP contribution in [-0.4, -0.2) is 19.7 Å². The van der Waals surface area contributed by atoms with Crippen molar-refractivity contribution in [3.05, 3.63) is 46.8 Å². The van der Waals surface area contributed by atoms with Gasteiger partial charge in [0.05, 0.1) is 0 Å². The number of pyridine rings is 1. The number of hydrogen-bond donors (Lipinski definition) is 0. The van der Waals surface area contributed by atoms with E-state index >= 15 is 0 Å². The van der Waals surface area contributed by atoms with Gasteiger partial charge >= 0.3 is 0 Å². The summed E-state index contributed by atoms with van der Waals surface area (Å²) in [5.74, 6) is -0.853. The molecule has 0 aliphatic rings. The summed E-state index contributed by atoms with van der Waals surface area (Å²) in [6, 6.07) is 6.95. The molecule has 0 saturated heterocycles. The number of nitrogens with zero attached hydrogens (tertiary/aromatic N) is 1. The van der Waals surface area contributed by atoms with Gasteiger partial charge in [-0.1, -0.05) is 15.9 Å². The molecule has 100 valence electrons. The Hall–Kier alpha value is -1.47. The number of rotatable bonds is 3. The number of aromatic nitrogens is 1. The maximum Gasteiger partial charge on any atom is 0.238 e. The van der Waals surface area contributed by atoms with E-state index in [1.807, 2.05) is 0 Å². The summed E-state index contributed by atoms with van der Waals surface area (Å²) in [6.07, 6.45) is 2.41. The fourth-order valence-electron chi connectivity index (χ4n) is 1.39. The van der Waals surface area contributed by atoms with Crippen LogP contribution in [0.15, 0.2) is 45.9 Å². The molecule has 7 heteroatoms. The van der Waals surface area contributed by atoms with E-state index in [2.05, 4.69) is 20.9 Å². The fourth-order valence-corrected chi connectivity index (χ4v) is 2.47. The molecule has 0 spiro atoms. The lowest BCUT2D eigenvalue weighted by Crippen LogP contribution is -2.02. The first-order valence-electron chi connectivity index (χ1n) is 5.16. The fraction of sp³-hybridized carbons (Fsp3) is 0.0833. The van der Waals surface area contributed by atoms with Crippen LogP contribution in [0.2, 0.25) is 0 Å². The average Bonchev–Trinajstić information content (AvgIpc) is 2.33. The molecule has 1 heterocycles. The van der Waals surface area contributed by atoms with Crippen LogP contribution in [0.3, 0.4) is 0 Å². The van der Waals surface area contributed by atoms with Crippen LogP contribution in [0.4, 0.5) is 4.39 Å². The zero-order valence-corrected chi connectivity index (χ0v) is 12.2. The summed E-state index contributed by atoms with van der Waals surface area (Å²) in [7, 11) is -3.50.